The maximum Gasteiger partial charge on any atom is 0.0730 e. The molecule has 2 fully saturated rings. The summed E-state index contributed by atoms with van der Waals surface area (Å²) in [6.45, 7) is 5.82. The molecule has 2 atom stereocenters. The number of rotatable bonds is 4. The van der Waals surface area contributed by atoms with E-state index in [0.29, 0.717) is 11.5 Å². The van der Waals surface area contributed by atoms with E-state index in [2.05, 4.69) is 30.3 Å². The van der Waals surface area contributed by atoms with Crippen LogP contribution >= 0.6 is 11.6 Å². The number of fused-ring (bicyclic) bond motifs is 2. The van der Waals surface area contributed by atoms with Crippen molar-refractivity contribution in [2.75, 3.05) is 6.54 Å². The van der Waals surface area contributed by atoms with Gasteiger partial charge >= 0.3 is 0 Å². The van der Waals surface area contributed by atoms with Gasteiger partial charge in [-0.3, -0.25) is 4.68 Å². The van der Waals surface area contributed by atoms with Gasteiger partial charge in [-0.25, -0.2) is 0 Å². The molecule has 1 heterocycles. The normalized spacial score (nSPS) is 29.0. The van der Waals surface area contributed by atoms with E-state index in [4.69, 9.17) is 11.6 Å². The van der Waals surface area contributed by atoms with Gasteiger partial charge in [0.2, 0.25) is 0 Å². The Kier molecular flexibility index (Phi) is 3.28. The van der Waals surface area contributed by atoms with Crippen LogP contribution in [0.5, 0.6) is 0 Å². The van der Waals surface area contributed by atoms with E-state index >= 15 is 0 Å². The zero-order chi connectivity index (χ0) is 15.5. The lowest BCUT2D eigenvalue weighted by Gasteiger charge is -2.18. The van der Waals surface area contributed by atoms with Crippen LogP contribution in [-0.4, -0.2) is 22.4 Å². The summed E-state index contributed by atoms with van der Waals surface area (Å²) in [7, 11) is 1.99. The summed E-state index contributed by atoms with van der Waals surface area (Å²) >= 11 is 6.36. The van der Waals surface area contributed by atoms with Crippen molar-refractivity contribution in [3.8, 4) is 0 Å². The number of aryl methyl sites for hydroxylation is 1. The number of nitrogens with one attached hydrogen (secondary N) is 1. The lowest BCUT2D eigenvalue weighted by Crippen LogP contribution is -2.31. The second-order valence-electron chi connectivity index (χ2n) is 7.61. The van der Waals surface area contributed by atoms with Crippen molar-refractivity contribution >= 4 is 22.5 Å². The van der Waals surface area contributed by atoms with Crippen molar-refractivity contribution in [3.63, 3.8) is 0 Å². The molecule has 0 radical (unpaired) electrons. The molecular formula is C18H24ClN3. The predicted octanol–water partition coefficient (Wildman–Crippen LogP) is 3.79. The van der Waals surface area contributed by atoms with E-state index in [0.717, 1.165) is 46.4 Å². The SMILES string of the molecule is Cn1nc(CCNC2CC3C(C2)C3(C)C)c2c(Cl)cccc21. The molecule has 0 amide bonds. The van der Waals surface area contributed by atoms with Crippen molar-refractivity contribution in [2.45, 2.75) is 39.2 Å². The minimum absolute atomic E-state index is 0.614. The molecule has 118 valence electrons. The zero-order valence-corrected chi connectivity index (χ0v) is 14.3. The Balaban J connectivity index is 1.39. The second-order valence-corrected chi connectivity index (χ2v) is 8.02. The van der Waals surface area contributed by atoms with Crippen LogP contribution in [0.4, 0.5) is 0 Å². The summed E-state index contributed by atoms with van der Waals surface area (Å²) in [5.41, 5.74) is 2.84. The van der Waals surface area contributed by atoms with E-state index in [1.807, 2.05) is 23.9 Å². The Morgan fingerprint density at radius 3 is 2.77 bits per heavy atom. The molecule has 1 aromatic heterocycles. The van der Waals surface area contributed by atoms with Gasteiger partial charge in [0, 0.05) is 31.4 Å². The first-order chi connectivity index (χ1) is 10.5. The molecule has 3 nitrogen and oxygen atoms in total. The highest BCUT2D eigenvalue weighted by molar-refractivity contribution is 6.35. The maximum absolute atomic E-state index is 6.36. The van der Waals surface area contributed by atoms with Crippen LogP contribution in [0.15, 0.2) is 18.2 Å². The Morgan fingerprint density at radius 2 is 2.05 bits per heavy atom. The maximum atomic E-state index is 6.36. The molecule has 0 bridgehead atoms. The third-order valence-electron chi connectivity index (χ3n) is 6.06. The highest BCUT2D eigenvalue weighted by Crippen LogP contribution is 2.66. The van der Waals surface area contributed by atoms with Crippen LogP contribution in [0.25, 0.3) is 10.9 Å². The van der Waals surface area contributed by atoms with Crippen LogP contribution in [0.2, 0.25) is 5.02 Å². The van der Waals surface area contributed by atoms with E-state index in [9.17, 15) is 0 Å². The molecule has 1 N–H and O–H groups in total. The quantitative estimate of drug-likeness (QED) is 0.929. The highest BCUT2D eigenvalue weighted by atomic mass is 35.5. The van der Waals surface area contributed by atoms with Gasteiger partial charge in [0.15, 0.2) is 0 Å². The fourth-order valence-electron chi connectivity index (χ4n) is 4.59. The van der Waals surface area contributed by atoms with E-state index in [-0.39, 0.29) is 0 Å². The summed E-state index contributed by atoms with van der Waals surface area (Å²) in [5.74, 6) is 1.91. The molecule has 0 spiro atoms. The average molecular weight is 318 g/mol. The van der Waals surface area contributed by atoms with Crippen molar-refractivity contribution in [2.24, 2.45) is 24.3 Å². The fraction of sp³-hybridized carbons (Fsp3) is 0.611. The zero-order valence-electron chi connectivity index (χ0n) is 13.6. The largest absolute Gasteiger partial charge is 0.314 e. The van der Waals surface area contributed by atoms with Crippen molar-refractivity contribution < 1.29 is 0 Å². The average Bonchev–Trinajstić information content (AvgIpc) is 2.87. The molecule has 22 heavy (non-hydrogen) atoms. The molecule has 0 saturated heterocycles. The molecule has 0 aliphatic heterocycles. The van der Waals surface area contributed by atoms with Crippen molar-refractivity contribution in [3.05, 3.63) is 28.9 Å². The van der Waals surface area contributed by atoms with Crippen LogP contribution in [0.1, 0.15) is 32.4 Å². The molecule has 1 aromatic carbocycles. The number of halogens is 1. The number of nitrogens with zero attached hydrogens (tertiary/aromatic N) is 2. The van der Waals surface area contributed by atoms with E-state index < -0.39 is 0 Å². The van der Waals surface area contributed by atoms with Crippen LogP contribution < -0.4 is 5.32 Å². The monoisotopic (exact) mass is 317 g/mol. The first-order valence-corrected chi connectivity index (χ1v) is 8.69. The number of hydrogen-bond acceptors (Lipinski definition) is 2. The van der Waals surface area contributed by atoms with Crippen molar-refractivity contribution in [1.29, 1.82) is 0 Å². The Hall–Kier alpha value is -1.06. The van der Waals surface area contributed by atoms with Crippen LogP contribution in [-0.2, 0) is 13.5 Å². The lowest BCUT2D eigenvalue weighted by atomic mass is 9.98. The highest BCUT2D eigenvalue weighted by Gasteiger charge is 2.61. The Bertz CT molecular complexity index is 704. The lowest BCUT2D eigenvalue weighted by molar-refractivity contribution is 0.386. The third-order valence-corrected chi connectivity index (χ3v) is 6.37. The molecule has 2 aromatic rings. The van der Waals surface area contributed by atoms with Gasteiger partial charge in [-0.15, -0.1) is 0 Å². The molecular weight excluding hydrogens is 294 g/mol. The number of aromatic nitrogens is 2. The van der Waals surface area contributed by atoms with Gasteiger partial charge in [-0.1, -0.05) is 31.5 Å². The molecule has 2 aliphatic carbocycles. The van der Waals surface area contributed by atoms with Crippen LogP contribution in [0, 0.1) is 17.3 Å². The fourth-order valence-corrected chi connectivity index (χ4v) is 4.87. The third kappa shape index (κ3) is 2.17. The number of hydrogen-bond donors (Lipinski definition) is 1. The van der Waals surface area contributed by atoms with Gasteiger partial charge in [0.25, 0.3) is 0 Å². The van der Waals surface area contributed by atoms with Crippen molar-refractivity contribution in [1.82, 2.24) is 15.1 Å². The smallest absolute Gasteiger partial charge is 0.0730 e. The molecule has 2 unspecified atom stereocenters. The van der Waals surface area contributed by atoms with Gasteiger partial charge in [-0.2, -0.15) is 5.10 Å². The summed E-state index contributed by atoms with van der Waals surface area (Å²) in [4.78, 5) is 0. The summed E-state index contributed by atoms with van der Waals surface area (Å²) in [5, 5.41) is 10.3. The Labute approximate surface area is 137 Å². The molecule has 4 heteroatoms. The van der Waals surface area contributed by atoms with E-state index in [1.165, 1.54) is 12.8 Å². The van der Waals surface area contributed by atoms with Crippen LogP contribution in [0.3, 0.4) is 0 Å². The summed E-state index contributed by atoms with van der Waals surface area (Å²) in [6.07, 6.45) is 3.64. The minimum atomic E-state index is 0.614. The van der Waals surface area contributed by atoms with Gasteiger partial charge in [0.1, 0.15) is 0 Å². The van der Waals surface area contributed by atoms with Gasteiger partial charge < -0.3 is 5.32 Å². The van der Waals surface area contributed by atoms with E-state index in [1.54, 1.807) is 0 Å². The topological polar surface area (TPSA) is 29.9 Å². The number of benzene rings is 1. The van der Waals surface area contributed by atoms with Gasteiger partial charge in [0.05, 0.1) is 16.2 Å². The first-order valence-electron chi connectivity index (χ1n) is 8.32. The van der Waals surface area contributed by atoms with Gasteiger partial charge in [-0.05, 0) is 42.2 Å². The first kappa shape index (κ1) is 14.5. The Morgan fingerprint density at radius 1 is 1.32 bits per heavy atom. The summed E-state index contributed by atoms with van der Waals surface area (Å²) < 4.78 is 1.93. The summed E-state index contributed by atoms with van der Waals surface area (Å²) in [6, 6.07) is 6.72. The molecule has 2 saturated carbocycles. The predicted molar refractivity (Wildman–Crippen MR) is 91.2 cm³/mol. The molecule has 2 aliphatic rings. The second kappa shape index (κ2) is 4.97. The minimum Gasteiger partial charge on any atom is -0.314 e. The standard InChI is InChI=1S/C18H24ClN3/c1-18(2)12-9-11(10-13(12)18)20-8-7-15-17-14(19)5-4-6-16(17)22(3)21-15/h4-6,11-13,20H,7-10H2,1-3H3. The molecule has 4 rings (SSSR count).